The lowest BCUT2D eigenvalue weighted by Crippen LogP contribution is -2.40. The summed E-state index contributed by atoms with van der Waals surface area (Å²) in [6, 6.07) is 20.9. The third-order valence-electron chi connectivity index (χ3n) is 5.82. The van der Waals surface area contributed by atoms with E-state index in [-0.39, 0.29) is 17.5 Å². The second-order valence-corrected chi connectivity index (χ2v) is 14.5. The first kappa shape index (κ1) is 21.5. The highest BCUT2D eigenvalue weighted by Gasteiger charge is 2.50. The fourth-order valence-electron chi connectivity index (χ4n) is 4.41. The monoisotopic (exact) mass is 406 g/mol. The number of carbonyl (C=O) groups is 1. The first-order chi connectivity index (χ1) is 13.9. The summed E-state index contributed by atoms with van der Waals surface area (Å²) in [5, 5.41) is 0. The number of aliphatic imine (C=N–C) groups is 1. The molecule has 1 aliphatic heterocycles. The number of rotatable bonds is 8. The van der Waals surface area contributed by atoms with Crippen LogP contribution in [-0.4, -0.2) is 30.6 Å². The van der Waals surface area contributed by atoms with Crippen LogP contribution >= 0.6 is 0 Å². The van der Waals surface area contributed by atoms with Crippen molar-refractivity contribution in [3.8, 4) is 0 Å². The van der Waals surface area contributed by atoms with Crippen LogP contribution in [0.4, 0.5) is 0 Å². The highest BCUT2D eigenvalue weighted by Crippen LogP contribution is 2.40. The van der Waals surface area contributed by atoms with E-state index >= 15 is 0 Å². The van der Waals surface area contributed by atoms with Gasteiger partial charge in [0.05, 0.1) is 14.6 Å². The lowest BCUT2D eigenvalue weighted by molar-refractivity contribution is -0.124. The van der Waals surface area contributed by atoms with Gasteiger partial charge in [0.25, 0.3) is 5.91 Å². The van der Waals surface area contributed by atoms with Crippen molar-refractivity contribution < 1.29 is 4.79 Å². The minimum atomic E-state index is -1.63. The Morgan fingerprint density at radius 3 is 2.07 bits per heavy atom. The summed E-state index contributed by atoms with van der Waals surface area (Å²) in [6.45, 7) is 10.6. The normalized spacial score (nSPS) is 21.2. The van der Waals surface area contributed by atoms with Gasteiger partial charge in [-0.25, -0.2) is 0 Å². The van der Waals surface area contributed by atoms with Crippen molar-refractivity contribution in [1.82, 2.24) is 4.90 Å². The Labute approximate surface area is 176 Å². The van der Waals surface area contributed by atoms with Crippen LogP contribution in [0, 0.1) is 0 Å². The first-order valence-corrected chi connectivity index (χ1v) is 14.4. The van der Waals surface area contributed by atoms with Crippen LogP contribution in [0.3, 0.4) is 0 Å². The first-order valence-electron chi connectivity index (χ1n) is 10.8. The number of hydrogen-bond donors (Lipinski definition) is 0. The number of nitrogens with zero attached hydrogens (tertiary/aromatic N) is 2. The molecule has 0 bridgehead atoms. The van der Waals surface area contributed by atoms with E-state index in [1.807, 2.05) is 24.3 Å². The van der Waals surface area contributed by atoms with Gasteiger partial charge in [0.2, 0.25) is 0 Å². The summed E-state index contributed by atoms with van der Waals surface area (Å²) in [4.78, 5) is 20.6. The van der Waals surface area contributed by atoms with Crippen LogP contribution in [0.1, 0.15) is 37.3 Å². The molecule has 2 unspecified atom stereocenters. The van der Waals surface area contributed by atoms with Crippen LogP contribution in [-0.2, 0) is 17.9 Å². The molecule has 0 N–H and O–H groups in total. The maximum Gasteiger partial charge on any atom is 0.268 e. The van der Waals surface area contributed by atoms with Crippen LogP contribution in [0.25, 0.3) is 0 Å². The van der Waals surface area contributed by atoms with Gasteiger partial charge in [-0.1, -0.05) is 100 Å². The average Bonchev–Trinajstić information content (AvgIpc) is 2.98. The van der Waals surface area contributed by atoms with Crippen molar-refractivity contribution in [2.24, 2.45) is 4.99 Å². The van der Waals surface area contributed by atoms with Crippen molar-refractivity contribution in [3.63, 3.8) is 0 Å². The zero-order valence-corrected chi connectivity index (χ0v) is 19.3. The van der Waals surface area contributed by atoms with Crippen molar-refractivity contribution in [3.05, 3.63) is 71.8 Å². The van der Waals surface area contributed by atoms with Gasteiger partial charge in [-0.2, -0.15) is 0 Å². The highest BCUT2D eigenvalue weighted by atomic mass is 28.3. The van der Waals surface area contributed by atoms with E-state index in [9.17, 15) is 4.79 Å². The molecule has 0 radical (unpaired) electrons. The van der Waals surface area contributed by atoms with E-state index in [0.717, 1.165) is 30.5 Å². The summed E-state index contributed by atoms with van der Waals surface area (Å²) in [5.41, 5.74) is 3.47. The molecule has 0 saturated carbocycles. The molecule has 154 valence electrons. The van der Waals surface area contributed by atoms with E-state index in [0.29, 0.717) is 13.1 Å². The summed E-state index contributed by atoms with van der Waals surface area (Å²) in [6.07, 6.45) is 3.36. The second-order valence-electron chi connectivity index (χ2n) is 9.16. The zero-order chi connectivity index (χ0) is 20.9. The average molecular weight is 407 g/mol. The molecule has 0 aliphatic carbocycles. The number of unbranched alkanes of at least 4 members (excludes halogenated alkanes) is 1. The van der Waals surface area contributed by atoms with Gasteiger partial charge >= 0.3 is 0 Å². The van der Waals surface area contributed by atoms with E-state index in [4.69, 9.17) is 4.99 Å². The SMILES string of the molecule is CCCCC1C([Si](C)(C)C)C(=NCc2ccccc2)C(=O)N1Cc1ccccc1. The molecule has 1 fully saturated rings. The Hall–Kier alpha value is -2.20. The number of amides is 1. The van der Waals surface area contributed by atoms with Gasteiger partial charge in [-0.3, -0.25) is 9.79 Å². The summed E-state index contributed by atoms with van der Waals surface area (Å²) in [7, 11) is -1.63. The van der Waals surface area contributed by atoms with E-state index in [1.165, 1.54) is 5.56 Å². The fraction of sp³-hybridized carbons (Fsp3) is 0.440. The molecule has 4 heteroatoms. The van der Waals surface area contributed by atoms with E-state index < -0.39 is 8.07 Å². The molecule has 2 aromatic carbocycles. The van der Waals surface area contributed by atoms with Gasteiger partial charge in [0, 0.05) is 18.1 Å². The van der Waals surface area contributed by atoms with E-state index in [2.05, 4.69) is 67.9 Å². The Bertz CT molecular complexity index is 827. The number of hydrogen-bond acceptors (Lipinski definition) is 2. The maximum absolute atomic E-state index is 13.6. The molecule has 0 spiro atoms. The van der Waals surface area contributed by atoms with Crippen LogP contribution in [0.15, 0.2) is 65.7 Å². The lowest BCUT2D eigenvalue weighted by atomic mass is 10.1. The molecule has 0 aromatic heterocycles. The molecule has 1 saturated heterocycles. The quantitative estimate of drug-likeness (QED) is 0.500. The second kappa shape index (κ2) is 9.53. The van der Waals surface area contributed by atoms with Crippen LogP contribution in [0.5, 0.6) is 0 Å². The summed E-state index contributed by atoms with van der Waals surface area (Å²) < 4.78 is 0. The lowest BCUT2D eigenvalue weighted by Gasteiger charge is -2.33. The van der Waals surface area contributed by atoms with Crippen molar-refractivity contribution in [2.75, 3.05) is 0 Å². The van der Waals surface area contributed by atoms with Crippen molar-refractivity contribution >= 4 is 19.7 Å². The molecule has 1 amide bonds. The standard InChI is InChI=1S/C25H34N2OSi/c1-5-6-17-22-24(29(2,3)4)23(26-18-20-13-9-7-10-14-20)25(28)27(22)19-21-15-11-8-12-16-21/h7-16,22,24H,5-6,17-19H2,1-4H3. The summed E-state index contributed by atoms with van der Waals surface area (Å²) >= 11 is 0. The molecule has 2 aromatic rings. The number of carbonyl (C=O) groups excluding carboxylic acids is 1. The molecule has 1 aliphatic rings. The molecule has 2 atom stereocenters. The van der Waals surface area contributed by atoms with Gasteiger partial charge in [-0.15, -0.1) is 0 Å². The third-order valence-corrected chi connectivity index (χ3v) is 8.34. The van der Waals surface area contributed by atoms with Gasteiger partial charge < -0.3 is 4.90 Å². The van der Waals surface area contributed by atoms with E-state index in [1.54, 1.807) is 0 Å². The van der Waals surface area contributed by atoms with Gasteiger partial charge in [0.15, 0.2) is 0 Å². The van der Waals surface area contributed by atoms with Crippen LogP contribution in [0.2, 0.25) is 25.2 Å². The molecule has 3 rings (SSSR count). The number of likely N-dealkylation sites (tertiary alicyclic amines) is 1. The minimum Gasteiger partial charge on any atom is -0.330 e. The Morgan fingerprint density at radius 2 is 1.52 bits per heavy atom. The molecular weight excluding hydrogens is 372 g/mol. The van der Waals surface area contributed by atoms with Gasteiger partial charge in [-0.05, 0) is 17.5 Å². The minimum absolute atomic E-state index is 0.151. The fourth-order valence-corrected chi connectivity index (χ4v) is 6.95. The highest BCUT2D eigenvalue weighted by molar-refractivity contribution is 6.83. The predicted molar refractivity (Wildman–Crippen MR) is 125 cm³/mol. The Kier molecular flexibility index (Phi) is 7.07. The molecule has 1 heterocycles. The third kappa shape index (κ3) is 5.24. The number of benzene rings is 2. The Balaban J connectivity index is 1.95. The molecule has 29 heavy (non-hydrogen) atoms. The van der Waals surface area contributed by atoms with Crippen molar-refractivity contribution in [1.29, 1.82) is 0 Å². The summed E-state index contributed by atoms with van der Waals surface area (Å²) in [5.74, 6) is 0.151. The molecular formula is C25H34N2OSi. The Morgan fingerprint density at radius 1 is 0.931 bits per heavy atom. The maximum atomic E-state index is 13.6. The molecule has 3 nitrogen and oxygen atoms in total. The topological polar surface area (TPSA) is 32.7 Å². The predicted octanol–water partition coefficient (Wildman–Crippen LogP) is 5.94. The largest absolute Gasteiger partial charge is 0.330 e. The van der Waals surface area contributed by atoms with Crippen LogP contribution < -0.4 is 0 Å². The van der Waals surface area contributed by atoms with Gasteiger partial charge in [0.1, 0.15) is 5.71 Å². The smallest absolute Gasteiger partial charge is 0.268 e. The zero-order valence-electron chi connectivity index (χ0n) is 18.3. The van der Waals surface area contributed by atoms with Crippen molar-refractivity contribution in [2.45, 2.75) is 70.5 Å².